The van der Waals surface area contributed by atoms with E-state index in [2.05, 4.69) is 5.32 Å². The van der Waals surface area contributed by atoms with E-state index in [1.165, 1.54) is 0 Å². The molecule has 4 atom stereocenters. The standard InChI is InChI=1S/C8H14N2O2/c9-3-8(12)10-6-2-7(11)5-1-4(5)6/h4-7,11H,1-3,9H2,(H,10,12). The molecular weight excluding hydrogens is 156 g/mol. The van der Waals surface area contributed by atoms with Gasteiger partial charge < -0.3 is 16.2 Å². The lowest BCUT2D eigenvalue weighted by atomic mass is 10.1. The zero-order valence-electron chi connectivity index (χ0n) is 6.86. The summed E-state index contributed by atoms with van der Waals surface area (Å²) in [5, 5.41) is 12.2. The van der Waals surface area contributed by atoms with Crippen LogP contribution in [0.4, 0.5) is 0 Å². The smallest absolute Gasteiger partial charge is 0.233 e. The highest BCUT2D eigenvalue weighted by atomic mass is 16.3. The van der Waals surface area contributed by atoms with Crippen molar-refractivity contribution in [2.45, 2.75) is 25.0 Å². The molecule has 68 valence electrons. The number of nitrogens with two attached hydrogens (primary N) is 1. The van der Waals surface area contributed by atoms with Crippen molar-refractivity contribution in [3.63, 3.8) is 0 Å². The van der Waals surface area contributed by atoms with Crippen molar-refractivity contribution >= 4 is 5.91 Å². The van der Waals surface area contributed by atoms with Gasteiger partial charge in [-0.05, 0) is 24.7 Å². The fraction of sp³-hybridized carbons (Fsp3) is 0.875. The Morgan fingerprint density at radius 3 is 2.67 bits per heavy atom. The zero-order valence-corrected chi connectivity index (χ0v) is 6.86. The first-order valence-corrected chi connectivity index (χ1v) is 4.40. The summed E-state index contributed by atoms with van der Waals surface area (Å²) >= 11 is 0. The average Bonchev–Trinajstić information content (AvgIpc) is 2.76. The molecule has 4 unspecified atom stereocenters. The van der Waals surface area contributed by atoms with Gasteiger partial charge in [0.1, 0.15) is 0 Å². The average molecular weight is 170 g/mol. The third-order valence-corrected chi connectivity index (χ3v) is 2.93. The lowest BCUT2D eigenvalue weighted by Crippen LogP contribution is -2.39. The van der Waals surface area contributed by atoms with Crippen LogP contribution in [-0.2, 0) is 4.79 Å². The van der Waals surface area contributed by atoms with Crippen LogP contribution in [0.5, 0.6) is 0 Å². The molecule has 1 amide bonds. The van der Waals surface area contributed by atoms with Crippen LogP contribution < -0.4 is 11.1 Å². The van der Waals surface area contributed by atoms with Crippen molar-refractivity contribution in [2.24, 2.45) is 17.6 Å². The van der Waals surface area contributed by atoms with Crippen LogP contribution in [0.1, 0.15) is 12.8 Å². The van der Waals surface area contributed by atoms with Gasteiger partial charge in [0.15, 0.2) is 0 Å². The second-order valence-electron chi connectivity index (χ2n) is 3.74. The largest absolute Gasteiger partial charge is 0.393 e. The van der Waals surface area contributed by atoms with E-state index >= 15 is 0 Å². The lowest BCUT2D eigenvalue weighted by molar-refractivity contribution is -0.120. The third kappa shape index (κ3) is 1.21. The van der Waals surface area contributed by atoms with Gasteiger partial charge in [-0.15, -0.1) is 0 Å². The molecule has 0 aliphatic heterocycles. The molecule has 2 saturated carbocycles. The van der Waals surface area contributed by atoms with Gasteiger partial charge in [0, 0.05) is 6.04 Å². The molecule has 2 rings (SSSR count). The molecule has 0 saturated heterocycles. The molecular formula is C8H14N2O2. The molecule has 0 radical (unpaired) electrons. The fourth-order valence-corrected chi connectivity index (χ4v) is 2.18. The summed E-state index contributed by atoms with van der Waals surface area (Å²) in [6.45, 7) is 0.0456. The van der Waals surface area contributed by atoms with Gasteiger partial charge in [-0.3, -0.25) is 4.79 Å². The predicted molar refractivity (Wildman–Crippen MR) is 43.2 cm³/mol. The summed E-state index contributed by atoms with van der Waals surface area (Å²) in [6, 6.07) is 0.182. The summed E-state index contributed by atoms with van der Waals surface area (Å²) in [5.74, 6) is 0.864. The summed E-state index contributed by atoms with van der Waals surface area (Å²) in [7, 11) is 0. The Kier molecular flexibility index (Phi) is 1.81. The van der Waals surface area contributed by atoms with Crippen LogP contribution in [-0.4, -0.2) is 29.7 Å². The summed E-state index contributed by atoms with van der Waals surface area (Å²) in [4.78, 5) is 10.9. The monoisotopic (exact) mass is 170 g/mol. The molecule has 2 aliphatic carbocycles. The highest BCUT2D eigenvalue weighted by Crippen LogP contribution is 2.51. The number of aliphatic hydroxyl groups excluding tert-OH is 1. The Labute approximate surface area is 71.1 Å². The molecule has 0 heterocycles. The van der Waals surface area contributed by atoms with E-state index in [4.69, 9.17) is 5.73 Å². The van der Waals surface area contributed by atoms with Crippen molar-refractivity contribution in [1.82, 2.24) is 5.32 Å². The van der Waals surface area contributed by atoms with Crippen molar-refractivity contribution in [3.8, 4) is 0 Å². The molecule has 0 bridgehead atoms. The van der Waals surface area contributed by atoms with Gasteiger partial charge >= 0.3 is 0 Å². The maximum atomic E-state index is 10.9. The van der Waals surface area contributed by atoms with Gasteiger partial charge in [-0.2, -0.15) is 0 Å². The number of carbonyl (C=O) groups is 1. The quantitative estimate of drug-likeness (QED) is 0.489. The van der Waals surface area contributed by atoms with Gasteiger partial charge in [0.05, 0.1) is 12.6 Å². The number of aliphatic hydroxyl groups is 1. The number of amides is 1. The minimum Gasteiger partial charge on any atom is -0.393 e. The first-order valence-electron chi connectivity index (χ1n) is 4.40. The first kappa shape index (κ1) is 8.01. The summed E-state index contributed by atoms with van der Waals surface area (Å²) < 4.78 is 0. The topological polar surface area (TPSA) is 75.4 Å². The second-order valence-corrected chi connectivity index (χ2v) is 3.74. The molecule has 0 aromatic rings. The maximum Gasteiger partial charge on any atom is 0.233 e. The maximum absolute atomic E-state index is 10.9. The normalized spacial score (nSPS) is 43.8. The molecule has 12 heavy (non-hydrogen) atoms. The number of carbonyl (C=O) groups excluding carboxylic acids is 1. The Hall–Kier alpha value is -0.610. The van der Waals surface area contributed by atoms with E-state index in [0.717, 1.165) is 6.42 Å². The Morgan fingerprint density at radius 2 is 2.25 bits per heavy atom. The van der Waals surface area contributed by atoms with Gasteiger partial charge in [0.2, 0.25) is 5.91 Å². The van der Waals surface area contributed by atoms with E-state index in [9.17, 15) is 9.90 Å². The Bertz CT molecular complexity index is 207. The summed E-state index contributed by atoms with van der Waals surface area (Å²) in [5.41, 5.74) is 5.17. The lowest BCUT2D eigenvalue weighted by Gasteiger charge is -2.14. The van der Waals surface area contributed by atoms with Crippen molar-refractivity contribution in [2.75, 3.05) is 6.54 Å². The molecule has 0 spiro atoms. The first-order chi connectivity index (χ1) is 5.72. The van der Waals surface area contributed by atoms with Crippen LogP contribution in [0.25, 0.3) is 0 Å². The van der Waals surface area contributed by atoms with Gasteiger partial charge in [-0.1, -0.05) is 0 Å². The number of nitrogens with one attached hydrogen (secondary N) is 1. The highest BCUT2D eigenvalue weighted by Gasteiger charge is 2.54. The number of fused-ring (bicyclic) bond motifs is 1. The van der Waals surface area contributed by atoms with Crippen LogP contribution in [0.15, 0.2) is 0 Å². The SMILES string of the molecule is NCC(=O)NC1CC(O)C2CC12. The minimum atomic E-state index is -0.196. The van der Waals surface area contributed by atoms with E-state index in [-0.39, 0.29) is 24.6 Å². The molecule has 2 aliphatic rings. The minimum absolute atomic E-state index is 0.0456. The van der Waals surface area contributed by atoms with Crippen LogP contribution in [0.3, 0.4) is 0 Å². The molecule has 4 nitrogen and oxygen atoms in total. The fourth-order valence-electron chi connectivity index (χ4n) is 2.18. The summed E-state index contributed by atoms with van der Waals surface area (Å²) in [6.07, 6.45) is 1.58. The predicted octanol–water partition coefficient (Wildman–Crippen LogP) is -1.17. The second kappa shape index (κ2) is 2.71. The van der Waals surface area contributed by atoms with E-state index in [1.54, 1.807) is 0 Å². The van der Waals surface area contributed by atoms with Crippen molar-refractivity contribution in [1.29, 1.82) is 0 Å². The van der Waals surface area contributed by atoms with Crippen molar-refractivity contribution in [3.05, 3.63) is 0 Å². The molecule has 4 heteroatoms. The Morgan fingerprint density at radius 1 is 1.50 bits per heavy atom. The van der Waals surface area contributed by atoms with Gasteiger partial charge in [-0.25, -0.2) is 0 Å². The van der Waals surface area contributed by atoms with Crippen LogP contribution >= 0.6 is 0 Å². The van der Waals surface area contributed by atoms with E-state index in [0.29, 0.717) is 18.3 Å². The molecule has 2 fully saturated rings. The van der Waals surface area contributed by atoms with Crippen LogP contribution in [0.2, 0.25) is 0 Å². The van der Waals surface area contributed by atoms with Crippen LogP contribution in [0, 0.1) is 11.8 Å². The third-order valence-electron chi connectivity index (χ3n) is 2.93. The Balaban J connectivity index is 1.86. The number of hydrogen-bond acceptors (Lipinski definition) is 3. The molecule has 0 aromatic heterocycles. The van der Waals surface area contributed by atoms with Gasteiger partial charge in [0.25, 0.3) is 0 Å². The zero-order chi connectivity index (χ0) is 8.72. The molecule has 0 aromatic carbocycles. The van der Waals surface area contributed by atoms with E-state index < -0.39 is 0 Å². The van der Waals surface area contributed by atoms with E-state index in [1.807, 2.05) is 0 Å². The number of hydrogen-bond donors (Lipinski definition) is 3. The molecule has 4 N–H and O–H groups in total. The van der Waals surface area contributed by atoms with Crippen molar-refractivity contribution < 1.29 is 9.90 Å². The number of rotatable bonds is 2. The highest BCUT2D eigenvalue weighted by molar-refractivity contribution is 5.78.